The number of aromatic nitrogens is 1. The van der Waals surface area contributed by atoms with Crippen molar-refractivity contribution in [2.45, 2.75) is 19.6 Å². The van der Waals surface area contributed by atoms with Crippen LogP contribution in [0.15, 0.2) is 35.3 Å². The number of nitrogens with zero attached hydrogens (tertiary/aromatic N) is 1. The molecule has 1 N–H and O–H groups in total. The molecular formula is C16H14ClF3N2O3. The third kappa shape index (κ3) is 4.54. The number of carbonyl (C=O) groups is 1. The predicted octanol–water partition coefficient (Wildman–Crippen LogP) is 3.48. The molecule has 0 saturated carbocycles. The van der Waals surface area contributed by atoms with Crippen molar-refractivity contribution in [2.24, 2.45) is 0 Å². The molecule has 5 nitrogen and oxygen atoms in total. The van der Waals surface area contributed by atoms with Crippen molar-refractivity contribution in [1.29, 1.82) is 0 Å². The van der Waals surface area contributed by atoms with Crippen molar-refractivity contribution in [2.75, 3.05) is 12.4 Å². The molecule has 0 unspecified atom stereocenters. The molecule has 0 aliphatic carbocycles. The maximum absolute atomic E-state index is 12.7. The molecular weight excluding hydrogens is 361 g/mol. The highest BCUT2D eigenvalue weighted by atomic mass is 35.5. The first-order valence-corrected chi connectivity index (χ1v) is 7.41. The van der Waals surface area contributed by atoms with Crippen molar-refractivity contribution < 1.29 is 22.7 Å². The Hall–Kier alpha value is -2.48. The fraction of sp³-hybridized carbons (Fsp3) is 0.250. The van der Waals surface area contributed by atoms with Crippen LogP contribution in [-0.2, 0) is 17.5 Å². The van der Waals surface area contributed by atoms with E-state index in [4.69, 9.17) is 16.3 Å². The molecule has 1 heterocycles. The number of carbonyl (C=O) groups excluding carboxylic acids is 1. The molecule has 0 radical (unpaired) electrons. The Labute approximate surface area is 146 Å². The summed E-state index contributed by atoms with van der Waals surface area (Å²) in [7, 11) is 1.38. The molecule has 0 spiro atoms. The van der Waals surface area contributed by atoms with Crippen molar-refractivity contribution in [1.82, 2.24) is 4.57 Å². The second-order valence-corrected chi connectivity index (χ2v) is 5.64. The van der Waals surface area contributed by atoms with E-state index in [9.17, 15) is 22.8 Å². The number of halogens is 4. The summed E-state index contributed by atoms with van der Waals surface area (Å²) in [5, 5.41) is 2.93. The van der Waals surface area contributed by atoms with Gasteiger partial charge in [0.2, 0.25) is 5.91 Å². The topological polar surface area (TPSA) is 60.3 Å². The van der Waals surface area contributed by atoms with Gasteiger partial charge in [0.15, 0.2) is 0 Å². The van der Waals surface area contributed by atoms with Gasteiger partial charge in [-0.2, -0.15) is 13.2 Å². The quantitative estimate of drug-likeness (QED) is 0.891. The molecule has 0 aliphatic rings. The van der Waals surface area contributed by atoms with Crippen LogP contribution < -0.4 is 15.6 Å². The van der Waals surface area contributed by atoms with Crippen molar-refractivity contribution in [3.63, 3.8) is 0 Å². The van der Waals surface area contributed by atoms with Crippen LogP contribution in [0, 0.1) is 6.92 Å². The maximum Gasteiger partial charge on any atom is 0.417 e. The fourth-order valence-electron chi connectivity index (χ4n) is 2.10. The third-order valence-corrected chi connectivity index (χ3v) is 3.79. The molecule has 0 bridgehead atoms. The predicted molar refractivity (Wildman–Crippen MR) is 87.1 cm³/mol. The minimum atomic E-state index is -4.61. The molecule has 2 aromatic rings. The van der Waals surface area contributed by atoms with Crippen LogP contribution in [0.3, 0.4) is 0 Å². The summed E-state index contributed by atoms with van der Waals surface area (Å²) in [5.41, 5.74) is -0.759. The number of ether oxygens (including phenoxy) is 1. The number of amides is 1. The minimum Gasteiger partial charge on any atom is -0.495 e. The molecule has 0 aliphatic heterocycles. The zero-order valence-electron chi connectivity index (χ0n) is 13.3. The van der Waals surface area contributed by atoms with Crippen molar-refractivity contribution >= 4 is 23.2 Å². The summed E-state index contributed by atoms with van der Waals surface area (Å²) >= 11 is 5.97. The van der Waals surface area contributed by atoms with Gasteiger partial charge >= 0.3 is 6.18 Å². The van der Waals surface area contributed by atoms with Crippen LogP contribution in [-0.4, -0.2) is 17.6 Å². The fourth-order valence-corrected chi connectivity index (χ4v) is 2.25. The number of benzene rings is 1. The van der Waals surface area contributed by atoms with E-state index in [1.807, 2.05) is 0 Å². The SMILES string of the molecule is COc1cc(Cl)c(C)cc1NC(=O)Cn1cc(C(F)(F)F)ccc1=O. The van der Waals surface area contributed by atoms with Gasteiger partial charge in [0, 0.05) is 23.4 Å². The number of methoxy groups -OCH3 is 1. The van der Waals surface area contributed by atoms with Crippen LogP contribution in [0.1, 0.15) is 11.1 Å². The molecule has 1 aromatic heterocycles. The lowest BCUT2D eigenvalue weighted by molar-refractivity contribution is -0.138. The summed E-state index contributed by atoms with van der Waals surface area (Å²) in [4.78, 5) is 23.8. The number of rotatable bonds is 4. The third-order valence-electron chi connectivity index (χ3n) is 3.38. The van der Waals surface area contributed by atoms with Gasteiger partial charge in [-0.1, -0.05) is 11.6 Å². The summed E-state index contributed by atoms with van der Waals surface area (Å²) in [5.74, 6) is -0.387. The number of pyridine rings is 1. The Kier molecular flexibility index (Phi) is 5.42. The number of hydrogen-bond acceptors (Lipinski definition) is 3. The molecule has 0 saturated heterocycles. The Morgan fingerprint density at radius 3 is 2.60 bits per heavy atom. The number of aryl methyl sites for hydroxylation is 1. The van der Waals surface area contributed by atoms with E-state index >= 15 is 0 Å². The minimum absolute atomic E-state index is 0.292. The van der Waals surface area contributed by atoms with Gasteiger partial charge in [0.1, 0.15) is 12.3 Å². The van der Waals surface area contributed by atoms with Crippen LogP contribution in [0.4, 0.5) is 18.9 Å². The standard InChI is InChI=1S/C16H14ClF3N2O3/c1-9-5-12(13(25-2)6-11(9)17)21-14(23)8-22-7-10(16(18,19)20)3-4-15(22)24/h3-7H,8H2,1-2H3,(H,21,23). The summed E-state index contributed by atoms with van der Waals surface area (Å²) in [6, 6.07) is 4.50. The maximum atomic E-state index is 12.7. The van der Waals surface area contributed by atoms with Crippen molar-refractivity contribution in [3.8, 4) is 5.75 Å². The van der Waals surface area contributed by atoms with Crippen LogP contribution in [0.2, 0.25) is 5.02 Å². The first-order valence-electron chi connectivity index (χ1n) is 7.03. The molecule has 0 fully saturated rings. The van der Waals surface area contributed by atoms with Gasteiger partial charge < -0.3 is 14.6 Å². The van der Waals surface area contributed by atoms with Gasteiger partial charge in [0.25, 0.3) is 5.56 Å². The van der Waals surface area contributed by atoms with Crippen LogP contribution in [0.25, 0.3) is 0 Å². The average molecular weight is 375 g/mol. The average Bonchev–Trinajstić information content (AvgIpc) is 2.51. The summed E-state index contributed by atoms with van der Waals surface area (Å²) < 4.78 is 44.0. The first-order chi connectivity index (χ1) is 11.6. The number of nitrogens with one attached hydrogen (secondary N) is 1. The van der Waals surface area contributed by atoms with E-state index < -0.39 is 29.8 Å². The second-order valence-electron chi connectivity index (χ2n) is 5.23. The molecule has 9 heteroatoms. The molecule has 25 heavy (non-hydrogen) atoms. The number of hydrogen-bond donors (Lipinski definition) is 1. The van der Waals surface area contributed by atoms with Gasteiger partial charge in [-0.15, -0.1) is 0 Å². The van der Waals surface area contributed by atoms with E-state index in [2.05, 4.69) is 5.32 Å². The van der Waals surface area contributed by atoms with E-state index in [1.54, 1.807) is 13.0 Å². The molecule has 134 valence electrons. The summed E-state index contributed by atoms with van der Waals surface area (Å²) in [6.45, 7) is 1.14. The molecule has 1 aromatic carbocycles. The summed E-state index contributed by atoms with van der Waals surface area (Å²) in [6.07, 6.45) is -4.01. The Balaban J connectivity index is 2.24. The highest BCUT2D eigenvalue weighted by Gasteiger charge is 2.31. The Morgan fingerprint density at radius 2 is 2.00 bits per heavy atom. The van der Waals surface area contributed by atoms with E-state index in [1.165, 1.54) is 13.2 Å². The number of alkyl halides is 3. The lowest BCUT2D eigenvalue weighted by atomic mass is 10.2. The second kappa shape index (κ2) is 7.18. The van der Waals surface area contributed by atoms with Crippen LogP contribution in [0.5, 0.6) is 5.75 Å². The first kappa shape index (κ1) is 18.9. The molecule has 2 rings (SSSR count). The highest BCUT2D eigenvalue weighted by molar-refractivity contribution is 6.31. The van der Waals surface area contributed by atoms with Gasteiger partial charge in [-0.05, 0) is 24.6 Å². The van der Waals surface area contributed by atoms with Gasteiger partial charge in [-0.25, -0.2) is 0 Å². The molecule has 1 amide bonds. The van der Waals surface area contributed by atoms with Gasteiger partial charge in [0.05, 0.1) is 18.4 Å². The monoisotopic (exact) mass is 374 g/mol. The van der Waals surface area contributed by atoms with Gasteiger partial charge in [-0.3, -0.25) is 9.59 Å². The van der Waals surface area contributed by atoms with Crippen LogP contribution >= 0.6 is 11.6 Å². The highest BCUT2D eigenvalue weighted by Crippen LogP contribution is 2.31. The smallest absolute Gasteiger partial charge is 0.417 e. The Bertz CT molecular complexity index is 863. The van der Waals surface area contributed by atoms with E-state index in [0.717, 1.165) is 6.07 Å². The van der Waals surface area contributed by atoms with E-state index in [0.29, 0.717) is 38.9 Å². The normalized spacial score (nSPS) is 11.3. The lowest BCUT2D eigenvalue weighted by Gasteiger charge is -2.14. The zero-order valence-corrected chi connectivity index (χ0v) is 14.0. The Morgan fingerprint density at radius 1 is 1.32 bits per heavy atom. The number of anilines is 1. The zero-order chi connectivity index (χ0) is 18.8. The van der Waals surface area contributed by atoms with Crippen molar-refractivity contribution in [3.05, 3.63) is 57.0 Å². The van der Waals surface area contributed by atoms with E-state index in [-0.39, 0.29) is 0 Å². The lowest BCUT2D eigenvalue weighted by Crippen LogP contribution is -2.28. The largest absolute Gasteiger partial charge is 0.495 e. The molecule has 0 atom stereocenters.